The number of benzene rings is 2. The van der Waals surface area contributed by atoms with Crippen LogP contribution in [0.15, 0.2) is 42.5 Å². The van der Waals surface area contributed by atoms with E-state index in [0.29, 0.717) is 0 Å². The molecule has 0 saturated carbocycles. The van der Waals surface area contributed by atoms with Crippen molar-refractivity contribution >= 4 is 10.8 Å². The Morgan fingerprint density at radius 3 is 2.53 bits per heavy atom. The van der Waals surface area contributed by atoms with Gasteiger partial charge in [-0.3, -0.25) is 4.90 Å². The quantitative estimate of drug-likeness (QED) is 0.911. The summed E-state index contributed by atoms with van der Waals surface area (Å²) >= 11 is 0. The van der Waals surface area contributed by atoms with Crippen LogP contribution in [0, 0.1) is 0 Å². The molecule has 0 spiro atoms. The first-order chi connectivity index (χ1) is 9.17. The van der Waals surface area contributed by atoms with Crippen molar-refractivity contribution in [1.29, 1.82) is 0 Å². The highest BCUT2D eigenvalue weighted by Gasteiger charge is 2.30. The van der Waals surface area contributed by atoms with E-state index in [2.05, 4.69) is 54.3 Å². The second kappa shape index (κ2) is 4.95. The molecular weight excluding hydrogens is 232 g/mol. The highest BCUT2D eigenvalue weighted by atomic mass is 15.3. The average molecular weight is 254 g/mol. The molecule has 100 valence electrons. The standard InChI is InChI=1S/C17H22N2/c1-17(18,19-11-4-5-12-19)13-15-9-6-8-14-7-2-3-10-16(14)15/h2-3,6-10H,4-5,11-13,18H2,1H3. The maximum absolute atomic E-state index is 6.57. The molecule has 0 radical (unpaired) electrons. The monoisotopic (exact) mass is 254 g/mol. The Hall–Kier alpha value is -1.38. The first-order valence-corrected chi connectivity index (χ1v) is 7.17. The summed E-state index contributed by atoms with van der Waals surface area (Å²) < 4.78 is 0. The van der Waals surface area contributed by atoms with Crippen LogP contribution in [0.5, 0.6) is 0 Å². The molecule has 19 heavy (non-hydrogen) atoms. The summed E-state index contributed by atoms with van der Waals surface area (Å²) in [4.78, 5) is 2.43. The molecule has 0 bridgehead atoms. The van der Waals surface area contributed by atoms with Crippen LogP contribution in [0.4, 0.5) is 0 Å². The summed E-state index contributed by atoms with van der Waals surface area (Å²) in [5.74, 6) is 0. The van der Waals surface area contributed by atoms with Gasteiger partial charge in [0, 0.05) is 6.42 Å². The number of likely N-dealkylation sites (tertiary alicyclic amines) is 1. The van der Waals surface area contributed by atoms with Gasteiger partial charge in [-0.1, -0.05) is 42.5 Å². The maximum atomic E-state index is 6.57. The third-order valence-electron chi connectivity index (χ3n) is 4.26. The number of nitrogens with zero attached hydrogens (tertiary/aromatic N) is 1. The van der Waals surface area contributed by atoms with Crippen LogP contribution in [0.25, 0.3) is 10.8 Å². The first kappa shape index (κ1) is 12.6. The zero-order chi connectivity index (χ0) is 13.3. The van der Waals surface area contributed by atoms with Gasteiger partial charge < -0.3 is 5.73 Å². The Labute approximate surface area is 115 Å². The van der Waals surface area contributed by atoms with E-state index < -0.39 is 0 Å². The van der Waals surface area contributed by atoms with Gasteiger partial charge in [0.05, 0.1) is 5.66 Å². The molecule has 1 saturated heterocycles. The van der Waals surface area contributed by atoms with Gasteiger partial charge in [-0.15, -0.1) is 0 Å². The van der Waals surface area contributed by atoms with Crippen LogP contribution in [-0.2, 0) is 6.42 Å². The van der Waals surface area contributed by atoms with E-state index in [9.17, 15) is 0 Å². The zero-order valence-corrected chi connectivity index (χ0v) is 11.6. The third-order valence-corrected chi connectivity index (χ3v) is 4.26. The van der Waals surface area contributed by atoms with Gasteiger partial charge in [-0.2, -0.15) is 0 Å². The smallest absolute Gasteiger partial charge is 0.0699 e. The molecule has 1 fully saturated rings. The van der Waals surface area contributed by atoms with Crippen molar-refractivity contribution in [3.05, 3.63) is 48.0 Å². The van der Waals surface area contributed by atoms with Crippen LogP contribution < -0.4 is 5.73 Å². The van der Waals surface area contributed by atoms with Crippen LogP contribution in [0.3, 0.4) is 0 Å². The van der Waals surface area contributed by atoms with Gasteiger partial charge in [-0.25, -0.2) is 0 Å². The summed E-state index contributed by atoms with van der Waals surface area (Å²) in [6.45, 7) is 4.44. The first-order valence-electron chi connectivity index (χ1n) is 7.17. The normalized spacial score (nSPS) is 19.7. The number of rotatable bonds is 3. The van der Waals surface area contributed by atoms with Crippen LogP contribution >= 0.6 is 0 Å². The van der Waals surface area contributed by atoms with E-state index >= 15 is 0 Å². The van der Waals surface area contributed by atoms with E-state index in [1.54, 1.807) is 0 Å². The molecule has 0 amide bonds. The molecule has 1 heterocycles. The molecule has 2 nitrogen and oxygen atoms in total. The molecule has 2 aromatic rings. The molecule has 1 atom stereocenters. The van der Waals surface area contributed by atoms with E-state index in [0.717, 1.165) is 19.5 Å². The number of hydrogen-bond acceptors (Lipinski definition) is 2. The minimum atomic E-state index is -0.235. The molecule has 0 aromatic heterocycles. The molecule has 2 aromatic carbocycles. The fourth-order valence-corrected chi connectivity index (χ4v) is 3.17. The van der Waals surface area contributed by atoms with Gasteiger partial charge in [0.15, 0.2) is 0 Å². The predicted octanol–water partition coefficient (Wildman–Crippen LogP) is 3.15. The molecule has 2 heteroatoms. The molecule has 1 aliphatic rings. The minimum absolute atomic E-state index is 0.235. The number of nitrogens with two attached hydrogens (primary N) is 1. The Morgan fingerprint density at radius 1 is 1.05 bits per heavy atom. The fourth-order valence-electron chi connectivity index (χ4n) is 3.17. The summed E-state index contributed by atoms with van der Waals surface area (Å²) in [7, 11) is 0. The van der Waals surface area contributed by atoms with E-state index in [1.807, 2.05) is 0 Å². The number of hydrogen-bond donors (Lipinski definition) is 1. The third kappa shape index (κ3) is 2.51. The second-order valence-corrected chi connectivity index (χ2v) is 5.87. The van der Waals surface area contributed by atoms with Gasteiger partial charge in [0.25, 0.3) is 0 Å². The highest BCUT2D eigenvalue weighted by molar-refractivity contribution is 5.85. The molecule has 3 rings (SSSR count). The van der Waals surface area contributed by atoms with Crippen molar-refractivity contribution in [3.63, 3.8) is 0 Å². The van der Waals surface area contributed by atoms with Gasteiger partial charge >= 0.3 is 0 Å². The molecule has 2 N–H and O–H groups in total. The molecule has 1 unspecified atom stereocenters. The molecular formula is C17H22N2. The SMILES string of the molecule is CC(N)(Cc1cccc2ccccc12)N1CCCC1. The lowest BCUT2D eigenvalue weighted by molar-refractivity contribution is 0.142. The van der Waals surface area contributed by atoms with Crippen LogP contribution in [0.1, 0.15) is 25.3 Å². The lowest BCUT2D eigenvalue weighted by Gasteiger charge is -2.35. The fraction of sp³-hybridized carbons (Fsp3) is 0.412. The minimum Gasteiger partial charge on any atom is -0.313 e. The molecule has 0 aliphatic carbocycles. The van der Waals surface area contributed by atoms with Crippen molar-refractivity contribution in [1.82, 2.24) is 4.90 Å². The largest absolute Gasteiger partial charge is 0.313 e. The summed E-state index contributed by atoms with van der Waals surface area (Å²) in [5.41, 5.74) is 7.69. The maximum Gasteiger partial charge on any atom is 0.0699 e. The van der Waals surface area contributed by atoms with Gasteiger partial charge in [0.1, 0.15) is 0 Å². The average Bonchev–Trinajstić information content (AvgIpc) is 2.93. The Bertz CT molecular complexity index is 563. The Morgan fingerprint density at radius 2 is 1.74 bits per heavy atom. The van der Waals surface area contributed by atoms with Gasteiger partial charge in [-0.05, 0) is 49.2 Å². The summed E-state index contributed by atoms with van der Waals surface area (Å²) in [5, 5.41) is 2.64. The Kier molecular flexibility index (Phi) is 3.29. The van der Waals surface area contributed by atoms with E-state index in [-0.39, 0.29) is 5.66 Å². The van der Waals surface area contributed by atoms with E-state index in [4.69, 9.17) is 5.73 Å². The zero-order valence-electron chi connectivity index (χ0n) is 11.6. The lowest BCUT2D eigenvalue weighted by atomic mass is 9.95. The van der Waals surface area contributed by atoms with E-state index in [1.165, 1.54) is 29.2 Å². The van der Waals surface area contributed by atoms with Crippen molar-refractivity contribution in [2.75, 3.05) is 13.1 Å². The summed E-state index contributed by atoms with van der Waals surface area (Å²) in [6, 6.07) is 15.1. The van der Waals surface area contributed by atoms with Crippen LogP contribution in [-0.4, -0.2) is 23.7 Å². The lowest BCUT2D eigenvalue weighted by Crippen LogP contribution is -2.54. The van der Waals surface area contributed by atoms with Crippen molar-refractivity contribution in [2.24, 2.45) is 5.73 Å². The van der Waals surface area contributed by atoms with Crippen molar-refractivity contribution in [2.45, 2.75) is 31.8 Å². The predicted molar refractivity (Wildman–Crippen MR) is 81.1 cm³/mol. The van der Waals surface area contributed by atoms with Gasteiger partial charge in [0.2, 0.25) is 0 Å². The second-order valence-electron chi connectivity index (χ2n) is 5.87. The highest BCUT2D eigenvalue weighted by Crippen LogP contribution is 2.25. The van der Waals surface area contributed by atoms with Crippen molar-refractivity contribution < 1.29 is 0 Å². The molecule has 1 aliphatic heterocycles. The summed E-state index contributed by atoms with van der Waals surface area (Å²) in [6.07, 6.45) is 3.47. The van der Waals surface area contributed by atoms with Crippen molar-refractivity contribution in [3.8, 4) is 0 Å². The Balaban J connectivity index is 1.92. The number of fused-ring (bicyclic) bond motifs is 1. The van der Waals surface area contributed by atoms with Crippen LogP contribution in [0.2, 0.25) is 0 Å². The topological polar surface area (TPSA) is 29.3 Å².